The Labute approximate surface area is 99.2 Å². The van der Waals surface area contributed by atoms with Crippen LogP contribution in [0.3, 0.4) is 0 Å². The lowest BCUT2D eigenvalue weighted by atomic mass is 9.84. The summed E-state index contributed by atoms with van der Waals surface area (Å²) in [4.78, 5) is 11.7. The highest BCUT2D eigenvalue weighted by atomic mass is 16.1. The number of nitrogens with one attached hydrogen (secondary N) is 1. The Bertz CT molecular complexity index is 261. The lowest BCUT2D eigenvalue weighted by Gasteiger charge is -2.28. The largest absolute Gasteiger partial charge is 0.353 e. The SMILES string of the molecule is CC(C)CC(=O)N[C@H](C)[C@H]1C[C@H]2CC[C@H]1C2. The molecule has 2 aliphatic rings. The molecule has 0 spiro atoms. The summed E-state index contributed by atoms with van der Waals surface area (Å²) in [5.74, 6) is 3.34. The molecule has 4 atom stereocenters. The molecular formula is C14H25NO. The molecule has 0 aromatic carbocycles. The van der Waals surface area contributed by atoms with Gasteiger partial charge in [0.05, 0.1) is 0 Å². The first-order valence-electron chi connectivity index (χ1n) is 6.85. The predicted molar refractivity (Wildman–Crippen MR) is 66.0 cm³/mol. The molecule has 0 saturated heterocycles. The first-order valence-corrected chi connectivity index (χ1v) is 6.85. The van der Waals surface area contributed by atoms with Crippen molar-refractivity contribution in [2.24, 2.45) is 23.7 Å². The van der Waals surface area contributed by atoms with E-state index in [0.29, 0.717) is 18.4 Å². The number of hydrogen-bond acceptors (Lipinski definition) is 1. The molecule has 0 unspecified atom stereocenters. The predicted octanol–water partition coefficient (Wildman–Crippen LogP) is 2.97. The molecule has 0 heterocycles. The fourth-order valence-corrected chi connectivity index (χ4v) is 3.70. The van der Waals surface area contributed by atoms with Gasteiger partial charge in [0.1, 0.15) is 0 Å². The number of hydrogen-bond donors (Lipinski definition) is 1. The number of carbonyl (C=O) groups excluding carboxylic acids is 1. The van der Waals surface area contributed by atoms with E-state index in [2.05, 4.69) is 26.1 Å². The summed E-state index contributed by atoms with van der Waals surface area (Å²) in [7, 11) is 0. The van der Waals surface area contributed by atoms with Crippen LogP contribution in [-0.4, -0.2) is 11.9 Å². The normalized spacial score (nSPS) is 34.4. The summed E-state index contributed by atoms with van der Waals surface area (Å²) in [6, 6.07) is 0.390. The van der Waals surface area contributed by atoms with Gasteiger partial charge in [0, 0.05) is 12.5 Å². The molecule has 2 saturated carbocycles. The fourth-order valence-electron chi connectivity index (χ4n) is 3.70. The first-order chi connectivity index (χ1) is 7.56. The number of rotatable bonds is 4. The van der Waals surface area contributed by atoms with E-state index in [0.717, 1.165) is 17.8 Å². The minimum Gasteiger partial charge on any atom is -0.353 e. The van der Waals surface area contributed by atoms with Crippen molar-refractivity contribution in [2.45, 2.75) is 58.9 Å². The van der Waals surface area contributed by atoms with Crippen LogP contribution in [0.5, 0.6) is 0 Å². The molecule has 2 nitrogen and oxygen atoms in total. The zero-order valence-corrected chi connectivity index (χ0v) is 10.8. The van der Waals surface area contributed by atoms with E-state index < -0.39 is 0 Å². The monoisotopic (exact) mass is 223 g/mol. The van der Waals surface area contributed by atoms with Crippen molar-refractivity contribution in [3.63, 3.8) is 0 Å². The van der Waals surface area contributed by atoms with Crippen LogP contribution in [0.2, 0.25) is 0 Å². The Morgan fingerprint density at radius 1 is 1.25 bits per heavy atom. The van der Waals surface area contributed by atoms with Crippen molar-refractivity contribution in [3.8, 4) is 0 Å². The topological polar surface area (TPSA) is 29.1 Å². The molecule has 0 aromatic rings. The molecule has 2 heteroatoms. The minimum absolute atomic E-state index is 0.241. The molecular weight excluding hydrogens is 198 g/mol. The minimum atomic E-state index is 0.241. The Hall–Kier alpha value is -0.530. The van der Waals surface area contributed by atoms with Gasteiger partial charge < -0.3 is 5.32 Å². The molecule has 1 amide bonds. The fraction of sp³-hybridized carbons (Fsp3) is 0.929. The third kappa shape index (κ3) is 2.58. The summed E-state index contributed by atoms with van der Waals surface area (Å²) in [5.41, 5.74) is 0. The van der Waals surface area contributed by atoms with Gasteiger partial charge >= 0.3 is 0 Å². The second-order valence-corrected chi connectivity index (χ2v) is 6.29. The van der Waals surface area contributed by atoms with Crippen LogP contribution in [0.25, 0.3) is 0 Å². The van der Waals surface area contributed by atoms with E-state index in [1.54, 1.807) is 0 Å². The molecule has 2 fully saturated rings. The van der Waals surface area contributed by atoms with Gasteiger partial charge in [0.2, 0.25) is 5.91 Å². The average molecular weight is 223 g/mol. The van der Waals surface area contributed by atoms with Gasteiger partial charge in [-0.2, -0.15) is 0 Å². The maximum atomic E-state index is 11.7. The quantitative estimate of drug-likeness (QED) is 0.780. The highest BCUT2D eigenvalue weighted by molar-refractivity contribution is 5.76. The van der Waals surface area contributed by atoms with Crippen LogP contribution in [0.15, 0.2) is 0 Å². The van der Waals surface area contributed by atoms with Crippen LogP contribution in [0, 0.1) is 23.7 Å². The van der Waals surface area contributed by atoms with Crippen LogP contribution in [0.4, 0.5) is 0 Å². The summed E-state index contributed by atoms with van der Waals surface area (Å²) in [5, 5.41) is 3.20. The van der Waals surface area contributed by atoms with Crippen LogP contribution in [0.1, 0.15) is 52.9 Å². The van der Waals surface area contributed by atoms with E-state index in [4.69, 9.17) is 0 Å². The van der Waals surface area contributed by atoms with E-state index in [1.807, 2.05) is 0 Å². The van der Waals surface area contributed by atoms with Crippen molar-refractivity contribution in [3.05, 3.63) is 0 Å². The van der Waals surface area contributed by atoms with Crippen molar-refractivity contribution < 1.29 is 4.79 Å². The van der Waals surface area contributed by atoms with Crippen LogP contribution in [-0.2, 0) is 4.79 Å². The Morgan fingerprint density at radius 3 is 2.50 bits per heavy atom. The van der Waals surface area contributed by atoms with E-state index in [9.17, 15) is 4.79 Å². The molecule has 0 aliphatic heterocycles. The van der Waals surface area contributed by atoms with E-state index in [-0.39, 0.29) is 5.91 Å². The van der Waals surface area contributed by atoms with E-state index in [1.165, 1.54) is 25.7 Å². The van der Waals surface area contributed by atoms with Gasteiger partial charge in [-0.1, -0.05) is 20.3 Å². The highest BCUT2D eigenvalue weighted by Crippen LogP contribution is 2.49. The molecule has 16 heavy (non-hydrogen) atoms. The zero-order chi connectivity index (χ0) is 11.7. The van der Waals surface area contributed by atoms with E-state index >= 15 is 0 Å². The van der Waals surface area contributed by atoms with Gasteiger partial charge in [-0.3, -0.25) is 4.79 Å². The van der Waals surface area contributed by atoms with Crippen molar-refractivity contribution in [2.75, 3.05) is 0 Å². The molecule has 0 radical (unpaired) electrons. The molecule has 0 aromatic heterocycles. The van der Waals surface area contributed by atoms with Crippen molar-refractivity contribution >= 4 is 5.91 Å². The molecule has 2 bridgehead atoms. The first kappa shape index (κ1) is 11.9. The highest BCUT2D eigenvalue weighted by Gasteiger charge is 2.42. The number of amides is 1. The standard InChI is InChI=1S/C14H25NO/c1-9(2)6-14(16)15-10(3)13-8-11-4-5-12(13)7-11/h9-13H,4-8H2,1-3H3,(H,15,16)/t10-,11+,12+,13-/m1/s1. The summed E-state index contributed by atoms with van der Waals surface area (Å²) < 4.78 is 0. The summed E-state index contributed by atoms with van der Waals surface area (Å²) in [6.07, 6.45) is 6.29. The van der Waals surface area contributed by atoms with Gasteiger partial charge in [-0.25, -0.2) is 0 Å². The maximum Gasteiger partial charge on any atom is 0.220 e. The van der Waals surface area contributed by atoms with Crippen molar-refractivity contribution in [1.82, 2.24) is 5.32 Å². The van der Waals surface area contributed by atoms with Crippen LogP contribution >= 0.6 is 0 Å². The van der Waals surface area contributed by atoms with Gasteiger partial charge in [-0.15, -0.1) is 0 Å². The second-order valence-electron chi connectivity index (χ2n) is 6.29. The summed E-state index contributed by atoms with van der Waals surface area (Å²) in [6.45, 7) is 6.40. The number of carbonyl (C=O) groups is 1. The lowest BCUT2D eigenvalue weighted by molar-refractivity contribution is -0.122. The maximum absolute atomic E-state index is 11.7. The zero-order valence-electron chi connectivity index (χ0n) is 10.8. The van der Waals surface area contributed by atoms with Gasteiger partial charge in [0.25, 0.3) is 0 Å². The Morgan fingerprint density at radius 2 is 2.00 bits per heavy atom. The second kappa shape index (κ2) is 4.77. The summed E-state index contributed by atoms with van der Waals surface area (Å²) >= 11 is 0. The molecule has 92 valence electrons. The van der Waals surface area contributed by atoms with Gasteiger partial charge in [0.15, 0.2) is 0 Å². The Balaban J connectivity index is 1.80. The Kier molecular flexibility index (Phi) is 3.56. The average Bonchev–Trinajstić information content (AvgIpc) is 2.76. The number of fused-ring (bicyclic) bond motifs is 2. The molecule has 2 rings (SSSR count). The molecule has 1 N–H and O–H groups in total. The van der Waals surface area contributed by atoms with Gasteiger partial charge in [-0.05, 0) is 49.9 Å². The van der Waals surface area contributed by atoms with Crippen molar-refractivity contribution in [1.29, 1.82) is 0 Å². The van der Waals surface area contributed by atoms with Crippen LogP contribution < -0.4 is 5.32 Å². The molecule has 2 aliphatic carbocycles. The smallest absolute Gasteiger partial charge is 0.220 e. The lowest BCUT2D eigenvalue weighted by Crippen LogP contribution is -2.40. The third-order valence-corrected chi connectivity index (χ3v) is 4.42. The third-order valence-electron chi connectivity index (χ3n) is 4.42.